The second-order valence-corrected chi connectivity index (χ2v) is 9.25. The fourth-order valence-electron chi connectivity index (χ4n) is 4.61. The molecule has 0 unspecified atom stereocenters. The molecule has 7 nitrogen and oxygen atoms in total. The minimum absolute atomic E-state index is 0. The molecule has 0 spiro atoms. The number of aromatic nitrogens is 3. The molecular formula is C27H30ClFN6O. The number of piperidine rings is 1. The minimum atomic E-state index is -0.362. The van der Waals surface area contributed by atoms with Crippen LogP contribution in [0.2, 0.25) is 0 Å². The molecule has 1 aliphatic heterocycles. The van der Waals surface area contributed by atoms with Crippen molar-refractivity contribution in [3.05, 3.63) is 77.6 Å². The number of H-pyrrole nitrogens is 1. The number of benzene rings is 2. The summed E-state index contributed by atoms with van der Waals surface area (Å²) in [4.78, 5) is 19.8. The Balaban J connectivity index is 0.00000304. The van der Waals surface area contributed by atoms with Gasteiger partial charge in [0.15, 0.2) is 11.5 Å². The molecule has 188 valence electrons. The second kappa shape index (κ2) is 11.1. The molecule has 0 aliphatic carbocycles. The Morgan fingerprint density at radius 2 is 1.78 bits per heavy atom. The number of hydrogen-bond donors (Lipinski definition) is 3. The van der Waals surface area contributed by atoms with Crippen molar-refractivity contribution >= 4 is 46.7 Å². The highest BCUT2D eigenvalue weighted by Crippen LogP contribution is 2.29. The first kappa shape index (κ1) is 25.6. The zero-order valence-corrected chi connectivity index (χ0v) is 21.1. The van der Waals surface area contributed by atoms with Crippen molar-refractivity contribution in [2.75, 3.05) is 23.7 Å². The molecule has 1 amide bonds. The molecule has 0 radical (unpaired) electrons. The number of pyridine rings is 1. The third-order valence-electron chi connectivity index (χ3n) is 6.70. The van der Waals surface area contributed by atoms with Crippen LogP contribution in [0.25, 0.3) is 11.0 Å². The van der Waals surface area contributed by atoms with Gasteiger partial charge in [-0.3, -0.25) is 9.89 Å². The van der Waals surface area contributed by atoms with E-state index in [0.717, 1.165) is 25.9 Å². The maximum atomic E-state index is 13.9. The first-order valence-corrected chi connectivity index (χ1v) is 12.0. The average Bonchev–Trinajstić information content (AvgIpc) is 3.27. The standard InChI is InChI=1S/C27H29FN6O.ClH/c1-17(2)34-15-13-19(14-16-34)18-7-9-20(10-8-18)27(35)31-26-21-11-12-24(30-25(21)32-33-26)29-23-6-4-3-5-22(23)28;/h3-12,17,19H,13-16H2,1-2H3,(H3,29,30,31,32,33,35);1H. The molecule has 9 heteroatoms. The normalized spacial score (nSPS) is 14.6. The van der Waals surface area contributed by atoms with E-state index in [1.165, 1.54) is 11.6 Å². The van der Waals surface area contributed by atoms with Crippen molar-refractivity contribution in [1.29, 1.82) is 0 Å². The Morgan fingerprint density at radius 3 is 2.47 bits per heavy atom. The number of aromatic amines is 1. The quantitative estimate of drug-likeness (QED) is 0.293. The van der Waals surface area contributed by atoms with Crippen molar-refractivity contribution in [2.24, 2.45) is 0 Å². The summed E-state index contributed by atoms with van der Waals surface area (Å²) in [5.41, 5.74) is 2.69. The zero-order chi connectivity index (χ0) is 24.4. The Labute approximate surface area is 215 Å². The molecule has 2 aromatic carbocycles. The summed E-state index contributed by atoms with van der Waals surface area (Å²) in [6.45, 7) is 6.72. The van der Waals surface area contributed by atoms with Crippen LogP contribution in [0.15, 0.2) is 60.7 Å². The molecule has 2 aromatic heterocycles. The molecule has 1 fully saturated rings. The molecule has 3 N–H and O–H groups in total. The average molecular weight is 509 g/mol. The summed E-state index contributed by atoms with van der Waals surface area (Å²) < 4.78 is 13.9. The number of nitrogens with zero attached hydrogens (tertiary/aromatic N) is 3. The lowest BCUT2D eigenvalue weighted by atomic mass is 9.88. The number of rotatable bonds is 6. The number of nitrogens with one attached hydrogen (secondary N) is 3. The van der Waals surface area contributed by atoms with Gasteiger partial charge in [0.05, 0.1) is 11.1 Å². The van der Waals surface area contributed by atoms with Gasteiger partial charge in [0.25, 0.3) is 5.91 Å². The smallest absolute Gasteiger partial charge is 0.256 e. The molecule has 3 heterocycles. The lowest BCUT2D eigenvalue weighted by molar-refractivity contribution is 0.102. The summed E-state index contributed by atoms with van der Waals surface area (Å²) in [6.07, 6.45) is 2.29. The highest BCUT2D eigenvalue weighted by Gasteiger charge is 2.22. The monoisotopic (exact) mass is 508 g/mol. The third-order valence-corrected chi connectivity index (χ3v) is 6.70. The molecule has 5 rings (SSSR count). The van der Waals surface area contributed by atoms with Crippen molar-refractivity contribution in [1.82, 2.24) is 20.1 Å². The summed E-state index contributed by atoms with van der Waals surface area (Å²) in [5, 5.41) is 13.5. The van der Waals surface area contributed by atoms with E-state index < -0.39 is 0 Å². The summed E-state index contributed by atoms with van der Waals surface area (Å²) in [6, 6.07) is 18.4. The maximum Gasteiger partial charge on any atom is 0.256 e. The maximum absolute atomic E-state index is 13.9. The van der Waals surface area contributed by atoms with Crippen molar-refractivity contribution in [3.8, 4) is 0 Å². The molecule has 4 aromatic rings. The van der Waals surface area contributed by atoms with Gasteiger partial charge in [0.2, 0.25) is 0 Å². The van der Waals surface area contributed by atoms with Gasteiger partial charge < -0.3 is 15.5 Å². The van der Waals surface area contributed by atoms with Crippen LogP contribution in [0, 0.1) is 5.82 Å². The summed E-state index contributed by atoms with van der Waals surface area (Å²) in [5.74, 6) is 0.821. The molecular weight excluding hydrogens is 479 g/mol. The zero-order valence-electron chi connectivity index (χ0n) is 20.3. The Hall–Kier alpha value is -3.49. The Morgan fingerprint density at radius 1 is 1.06 bits per heavy atom. The van der Waals surface area contributed by atoms with Crippen molar-refractivity contribution in [3.63, 3.8) is 0 Å². The predicted octanol–water partition coefficient (Wildman–Crippen LogP) is 6.10. The first-order chi connectivity index (χ1) is 17.0. The lowest BCUT2D eigenvalue weighted by Gasteiger charge is -2.34. The highest BCUT2D eigenvalue weighted by molar-refractivity contribution is 6.07. The third kappa shape index (κ3) is 5.50. The number of likely N-dealkylation sites (tertiary alicyclic amines) is 1. The van der Waals surface area contributed by atoms with E-state index in [-0.39, 0.29) is 24.1 Å². The SMILES string of the molecule is CC(C)N1CCC(c2ccc(C(=O)Nc3n[nH]c4nc(Nc5ccccc5F)ccc34)cc2)CC1.Cl. The van der Waals surface area contributed by atoms with Crippen LogP contribution in [0.1, 0.15) is 48.5 Å². The first-order valence-electron chi connectivity index (χ1n) is 12.0. The molecule has 0 bridgehead atoms. The van der Waals surface area contributed by atoms with Crippen LogP contribution >= 0.6 is 12.4 Å². The highest BCUT2D eigenvalue weighted by atomic mass is 35.5. The van der Waals surface area contributed by atoms with E-state index in [1.807, 2.05) is 12.1 Å². The van der Waals surface area contributed by atoms with Crippen LogP contribution in [0.5, 0.6) is 0 Å². The van der Waals surface area contributed by atoms with Crippen molar-refractivity contribution < 1.29 is 9.18 Å². The van der Waals surface area contributed by atoms with Gasteiger partial charge in [-0.2, -0.15) is 5.10 Å². The van der Waals surface area contributed by atoms with Gasteiger partial charge in [0.1, 0.15) is 11.6 Å². The molecule has 0 atom stereocenters. The molecule has 0 saturated carbocycles. The van der Waals surface area contributed by atoms with Crippen LogP contribution < -0.4 is 10.6 Å². The number of fused-ring (bicyclic) bond motifs is 1. The minimum Gasteiger partial charge on any atom is -0.338 e. The lowest BCUT2D eigenvalue weighted by Crippen LogP contribution is -2.37. The number of anilines is 3. The van der Waals surface area contributed by atoms with Crippen LogP contribution in [-0.4, -0.2) is 45.1 Å². The van der Waals surface area contributed by atoms with Gasteiger partial charge in [-0.05, 0) is 87.7 Å². The van der Waals surface area contributed by atoms with Gasteiger partial charge in [0, 0.05) is 11.6 Å². The largest absolute Gasteiger partial charge is 0.338 e. The van der Waals surface area contributed by atoms with E-state index in [2.05, 4.69) is 56.7 Å². The van der Waals surface area contributed by atoms with Gasteiger partial charge >= 0.3 is 0 Å². The topological polar surface area (TPSA) is 85.9 Å². The molecule has 1 saturated heterocycles. The fourth-order valence-corrected chi connectivity index (χ4v) is 4.61. The van der Waals surface area contributed by atoms with E-state index >= 15 is 0 Å². The predicted molar refractivity (Wildman–Crippen MR) is 144 cm³/mol. The van der Waals surface area contributed by atoms with Gasteiger partial charge in [-0.15, -0.1) is 12.4 Å². The number of para-hydroxylation sites is 1. The van der Waals surface area contributed by atoms with Crippen molar-refractivity contribution in [2.45, 2.75) is 38.6 Å². The molecule has 1 aliphatic rings. The molecule has 36 heavy (non-hydrogen) atoms. The van der Waals surface area contributed by atoms with Crippen LogP contribution in [0.4, 0.5) is 21.7 Å². The fraction of sp³-hybridized carbons (Fsp3) is 0.296. The van der Waals surface area contributed by atoms with Crippen LogP contribution in [-0.2, 0) is 0 Å². The van der Waals surface area contributed by atoms with E-state index in [4.69, 9.17) is 0 Å². The Kier molecular flexibility index (Phi) is 7.86. The van der Waals surface area contributed by atoms with E-state index in [0.29, 0.717) is 45.9 Å². The summed E-state index contributed by atoms with van der Waals surface area (Å²) in [7, 11) is 0. The van der Waals surface area contributed by atoms with Gasteiger partial charge in [-0.25, -0.2) is 9.37 Å². The van der Waals surface area contributed by atoms with E-state index in [1.54, 1.807) is 30.3 Å². The number of hydrogen-bond acceptors (Lipinski definition) is 5. The Bertz CT molecular complexity index is 1330. The van der Waals surface area contributed by atoms with E-state index in [9.17, 15) is 9.18 Å². The number of amides is 1. The number of carbonyl (C=O) groups excluding carboxylic acids is 1. The summed E-state index contributed by atoms with van der Waals surface area (Å²) >= 11 is 0. The second-order valence-electron chi connectivity index (χ2n) is 9.25. The van der Waals surface area contributed by atoms with Gasteiger partial charge in [-0.1, -0.05) is 24.3 Å². The van der Waals surface area contributed by atoms with Crippen LogP contribution in [0.3, 0.4) is 0 Å². The number of carbonyl (C=O) groups is 1. The number of halogens is 2.